The van der Waals surface area contributed by atoms with Gasteiger partial charge >= 0.3 is 6.18 Å². The number of carbonyl (C=O) groups excluding carboxylic acids is 1. The van der Waals surface area contributed by atoms with E-state index in [0.29, 0.717) is 5.01 Å². The summed E-state index contributed by atoms with van der Waals surface area (Å²) in [6, 6.07) is 5.85. The zero-order valence-corrected chi connectivity index (χ0v) is 16.4. The summed E-state index contributed by atoms with van der Waals surface area (Å²) < 4.78 is 41.0. The lowest BCUT2D eigenvalue weighted by Gasteiger charge is -2.16. The van der Waals surface area contributed by atoms with Crippen molar-refractivity contribution in [3.8, 4) is 5.69 Å². The Hall–Kier alpha value is -3.08. The predicted molar refractivity (Wildman–Crippen MR) is 102 cm³/mol. The van der Waals surface area contributed by atoms with Crippen molar-refractivity contribution in [1.82, 2.24) is 20.0 Å². The molecule has 3 aromatic rings. The predicted octanol–water partition coefficient (Wildman–Crippen LogP) is 3.79. The standard InChI is InChI=1S/C18H16F3N5O2S/c1-9(2)16-23-24-17(29-16)22-15(28)14-13(27)8-10(3)26(25-14)12-7-5-4-6-11(12)18(19,20)21/h4-9H,1-3H3,(H,22,24,28). The molecule has 2 heterocycles. The molecule has 1 amide bonds. The number of hydrogen-bond donors (Lipinski definition) is 1. The number of benzene rings is 1. The minimum Gasteiger partial charge on any atom is -0.295 e. The van der Waals surface area contributed by atoms with E-state index >= 15 is 0 Å². The minimum atomic E-state index is -4.63. The lowest BCUT2D eigenvalue weighted by Crippen LogP contribution is -2.27. The monoisotopic (exact) mass is 423 g/mol. The highest BCUT2D eigenvalue weighted by atomic mass is 32.1. The van der Waals surface area contributed by atoms with Crippen LogP contribution in [0.4, 0.5) is 18.3 Å². The number of anilines is 1. The smallest absolute Gasteiger partial charge is 0.295 e. The highest BCUT2D eigenvalue weighted by Crippen LogP contribution is 2.33. The number of nitrogens with zero attached hydrogens (tertiary/aromatic N) is 4. The summed E-state index contributed by atoms with van der Waals surface area (Å²) >= 11 is 1.14. The third-order valence-electron chi connectivity index (χ3n) is 3.92. The molecule has 1 aromatic carbocycles. The maximum absolute atomic E-state index is 13.4. The molecule has 11 heteroatoms. The Kier molecular flexibility index (Phi) is 5.51. The zero-order valence-electron chi connectivity index (χ0n) is 15.6. The van der Waals surface area contributed by atoms with Crippen molar-refractivity contribution in [2.24, 2.45) is 0 Å². The molecule has 2 aromatic heterocycles. The SMILES string of the molecule is Cc1cc(=O)c(C(=O)Nc2nnc(C(C)C)s2)nn1-c1ccccc1C(F)(F)F. The Labute approximate surface area is 167 Å². The molecule has 0 spiro atoms. The van der Waals surface area contributed by atoms with Gasteiger partial charge < -0.3 is 0 Å². The van der Waals surface area contributed by atoms with Gasteiger partial charge in [0.25, 0.3) is 5.91 Å². The number of halogens is 3. The molecule has 0 aliphatic carbocycles. The largest absolute Gasteiger partial charge is 0.418 e. The molecule has 152 valence electrons. The Morgan fingerprint density at radius 1 is 1.21 bits per heavy atom. The molecule has 3 rings (SSSR count). The quantitative estimate of drug-likeness (QED) is 0.690. The average Bonchev–Trinajstić information content (AvgIpc) is 3.10. The van der Waals surface area contributed by atoms with Gasteiger partial charge in [0.2, 0.25) is 10.6 Å². The number of rotatable bonds is 4. The second-order valence-electron chi connectivity index (χ2n) is 6.48. The van der Waals surface area contributed by atoms with Crippen molar-refractivity contribution >= 4 is 22.4 Å². The van der Waals surface area contributed by atoms with Gasteiger partial charge in [-0.15, -0.1) is 10.2 Å². The van der Waals surface area contributed by atoms with Crippen LogP contribution in [-0.2, 0) is 6.18 Å². The molecule has 0 fully saturated rings. The van der Waals surface area contributed by atoms with Crippen LogP contribution in [0.25, 0.3) is 5.69 Å². The lowest BCUT2D eigenvalue weighted by molar-refractivity contribution is -0.137. The van der Waals surface area contributed by atoms with Crippen LogP contribution >= 0.6 is 11.3 Å². The first-order valence-corrected chi connectivity index (χ1v) is 9.32. The molecule has 7 nitrogen and oxygen atoms in total. The van der Waals surface area contributed by atoms with Crippen molar-refractivity contribution in [3.05, 3.63) is 62.5 Å². The van der Waals surface area contributed by atoms with E-state index in [-0.39, 0.29) is 22.4 Å². The first-order chi connectivity index (χ1) is 13.6. The summed E-state index contributed by atoms with van der Waals surface area (Å²) in [5, 5.41) is 14.9. The van der Waals surface area contributed by atoms with Crippen LogP contribution in [-0.4, -0.2) is 25.9 Å². The molecule has 1 N–H and O–H groups in total. The van der Waals surface area contributed by atoms with Crippen molar-refractivity contribution in [1.29, 1.82) is 0 Å². The fraction of sp³-hybridized carbons (Fsp3) is 0.278. The molecule has 0 saturated carbocycles. The molecule has 0 aliphatic rings. The maximum Gasteiger partial charge on any atom is 0.418 e. The van der Waals surface area contributed by atoms with Gasteiger partial charge in [-0.25, -0.2) is 4.68 Å². The fourth-order valence-electron chi connectivity index (χ4n) is 2.52. The molecule has 0 saturated heterocycles. The Balaban J connectivity index is 2.03. The molecule has 0 radical (unpaired) electrons. The maximum atomic E-state index is 13.4. The van der Waals surface area contributed by atoms with Crippen LogP contribution in [0.2, 0.25) is 0 Å². The van der Waals surface area contributed by atoms with Crippen LogP contribution in [0.15, 0.2) is 35.1 Å². The Morgan fingerprint density at radius 3 is 2.52 bits per heavy atom. The molecule has 0 bridgehead atoms. The second kappa shape index (κ2) is 7.74. The van der Waals surface area contributed by atoms with Gasteiger partial charge in [-0.3, -0.25) is 14.9 Å². The molecule has 0 aliphatic heterocycles. The first-order valence-electron chi connectivity index (χ1n) is 8.50. The third-order valence-corrected chi connectivity index (χ3v) is 5.05. The van der Waals surface area contributed by atoms with E-state index in [4.69, 9.17) is 0 Å². The van der Waals surface area contributed by atoms with E-state index in [0.717, 1.165) is 28.2 Å². The van der Waals surface area contributed by atoms with Gasteiger partial charge in [-0.05, 0) is 19.1 Å². The van der Waals surface area contributed by atoms with E-state index in [9.17, 15) is 22.8 Å². The van der Waals surface area contributed by atoms with Gasteiger partial charge in [-0.1, -0.05) is 37.3 Å². The molecular weight excluding hydrogens is 407 g/mol. The zero-order chi connectivity index (χ0) is 21.3. The van der Waals surface area contributed by atoms with Gasteiger partial charge in [0.1, 0.15) is 5.01 Å². The molecule has 0 unspecified atom stereocenters. The molecule has 0 atom stereocenters. The topological polar surface area (TPSA) is 89.8 Å². The van der Waals surface area contributed by atoms with Gasteiger partial charge in [-0.2, -0.15) is 18.3 Å². The summed E-state index contributed by atoms with van der Waals surface area (Å²) in [6.45, 7) is 5.25. The lowest BCUT2D eigenvalue weighted by atomic mass is 10.1. The fourth-order valence-corrected chi connectivity index (χ4v) is 3.26. The number of amides is 1. The van der Waals surface area contributed by atoms with Crippen LogP contribution in [0.5, 0.6) is 0 Å². The summed E-state index contributed by atoms with van der Waals surface area (Å²) in [6.07, 6.45) is -4.63. The Bertz CT molecular complexity index is 1120. The van der Waals surface area contributed by atoms with Gasteiger partial charge in [0.15, 0.2) is 5.69 Å². The first kappa shape index (κ1) is 20.6. The summed E-state index contributed by atoms with van der Waals surface area (Å²) in [5.41, 5.74) is -2.33. The molecular formula is C18H16F3N5O2S. The summed E-state index contributed by atoms with van der Waals surface area (Å²) in [4.78, 5) is 24.8. The number of alkyl halides is 3. The minimum absolute atomic E-state index is 0.103. The van der Waals surface area contributed by atoms with E-state index in [1.54, 1.807) is 0 Å². The van der Waals surface area contributed by atoms with Crippen LogP contribution in [0.1, 0.15) is 46.5 Å². The van der Waals surface area contributed by atoms with Crippen molar-refractivity contribution in [3.63, 3.8) is 0 Å². The van der Waals surface area contributed by atoms with Gasteiger partial charge in [0, 0.05) is 17.7 Å². The number of carbonyl (C=O) groups is 1. The van der Waals surface area contributed by atoms with Crippen molar-refractivity contribution < 1.29 is 18.0 Å². The van der Waals surface area contributed by atoms with Gasteiger partial charge in [0.05, 0.1) is 11.3 Å². The second-order valence-corrected chi connectivity index (χ2v) is 7.49. The van der Waals surface area contributed by atoms with E-state index in [1.807, 2.05) is 13.8 Å². The van der Waals surface area contributed by atoms with Crippen molar-refractivity contribution in [2.75, 3.05) is 5.32 Å². The van der Waals surface area contributed by atoms with Crippen LogP contribution in [0, 0.1) is 6.92 Å². The number of aromatic nitrogens is 4. The van der Waals surface area contributed by atoms with Crippen LogP contribution < -0.4 is 10.7 Å². The summed E-state index contributed by atoms with van der Waals surface area (Å²) in [7, 11) is 0. The highest BCUT2D eigenvalue weighted by molar-refractivity contribution is 7.15. The normalized spacial score (nSPS) is 11.7. The number of aryl methyl sites for hydroxylation is 1. The van der Waals surface area contributed by atoms with E-state index in [1.165, 1.54) is 25.1 Å². The average molecular weight is 423 g/mol. The van der Waals surface area contributed by atoms with E-state index < -0.39 is 28.8 Å². The number of hydrogen-bond acceptors (Lipinski definition) is 6. The van der Waals surface area contributed by atoms with E-state index in [2.05, 4.69) is 20.6 Å². The number of nitrogens with one attached hydrogen (secondary N) is 1. The number of para-hydroxylation sites is 1. The van der Waals surface area contributed by atoms with Crippen LogP contribution in [0.3, 0.4) is 0 Å². The highest BCUT2D eigenvalue weighted by Gasteiger charge is 2.34. The molecule has 29 heavy (non-hydrogen) atoms. The third kappa shape index (κ3) is 4.34. The van der Waals surface area contributed by atoms with Crippen molar-refractivity contribution in [2.45, 2.75) is 32.9 Å². The summed E-state index contributed by atoms with van der Waals surface area (Å²) in [5.74, 6) is -0.772. The Morgan fingerprint density at radius 2 is 1.90 bits per heavy atom.